The molecule has 0 aliphatic heterocycles. The van der Waals surface area contributed by atoms with Crippen LogP contribution in [0.1, 0.15) is 32.1 Å². The lowest BCUT2D eigenvalue weighted by Crippen LogP contribution is -2.27. The first-order valence-corrected chi connectivity index (χ1v) is 3.95. The van der Waals surface area contributed by atoms with Gasteiger partial charge in [-0.3, -0.25) is 4.79 Å². The van der Waals surface area contributed by atoms with Crippen LogP contribution in [0.15, 0.2) is 0 Å². The summed E-state index contributed by atoms with van der Waals surface area (Å²) in [6, 6.07) is 0. The number of ketones is 1. The molecule has 2 aliphatic rings. The van der Waals surface area contributed by atoms with Crippen molar-refractivity contribution < 1.29 is 9.90 Å². The molecule has 2 fully saturated rings. The highest BCUT2D eigenvalue weighted by Gasteiger charge is 2.48. The van der Waals surface area contributed by atoms with E-state index in [1.54, 1.807) is 0 Å². The molecule has 2 heteroatoms. The van der Waals surface area contributed by atoms with Crippen molar-refractivity contribution in [2.75, 3.05) is 0 Å². The van der Waals surface area contributed by atoms with Gasteiger partial charge in [0.15, 0.2) is 0 Å². The van der Waals surface area contributed by atoms with Gasteiger partial charge in [-0.25, -0.2) is 0 Å². The van der Waals surface area contributed by atoms with E-state index < -0.39 is 5.60 Å². The molecule has 0 spiro atoms. The normalized spacial score (nSPS) is 46.1. The number of fused-ring (bicyclic) bond motifs is 1. The first-order chi connectivity index (χ1) is 4.71. The van der Waals surface area contributed by atoms with E-state index in [2.05, 4.69) is 0 Å². The van der Waals surface area contributed by atoms with Gasteiger partial charge in [0.25, 0.3) is 0 Å². The molecule has 0 amide bonds. The number of aliphatic hydroxyl groups is 1. The average Bonchev–Trinajstić information content (AvgIpc) is 2.20. The summed E-state index contributed by atoms with van der Waals surface area (Å²) in [5.74, 6) is 0.562. The Hall–Kier alpha value is -0.370. The maximum Gasteiger partial charge on any atom is 0.136 e. The Morgan fingerprint density at radius 2 is 2.40 bits per heavy atom. The second kappa shape index (κ2) is 1.82. The second-order valence-corrected chi connectivity index (χ2v) is 3.61. The van der Waals surface area contributed by atoms with Gasteiger partial charge in [0.2, 0.25) is 0 Å². The van der Waals surface area contributed by atoms with Crippen LogP contribution in [0.25, 0.3) is 0 Å². The smallest absolute Gasteiger partial charge is 0.136 e. The monoisotopic (exact) mass is 140 g/mol. The lowest BCUT2D eigenvalue weighted by atomic mass is 9.95. The summed E-state index contributed by atoms with van der Waals surface area (Å²) in [6.07, 6.45) is 4.08. The zero-order valence-electron chi connectivity index (χ0n) is 5.97. The molecule has 0 aromatic rings. The van der Waals surface area contributed by atoms with Crippen molar-refractivity contribution >= 4 is 5.78 Å². The van der Waals surface area contributed by atoms with E-state index in [1.165, 1.54) is 0 Å². The Labute approximate surface area is 60.2 Å². The van der Waals surface area contributed by atoms with Gasteiger partial charge >= 0.3 is 0 Å². The van der Waals surface area contributed by atoms with Gasteiger partial charge in [-0.15, -0.1) is 0 Å². The number of hydrogen-bond donors (Lipinski definition) is 1. The molecular weight excluding hydrogens is 128 g/mol. The second-order valence-electron chi connectivity index (χ2n) is 3.61. The zero-order chi connectivity index (χ0) is 7.19. The molecule has 2 rings (SSSR count). The topological polar surface area (TPSA) is 37.3 Å². The first-order valence-electron chi connectivity index (χ1n) is 3.95. The molecule has 0 aromatic carbocycles. The van der Waals surface area contributed by atoms with E-state index >= 15 is 0 Å². The Balaban J connectivity index is 2.22. The highest BCUT2D eigenvalue weighted by molar-refractivity contribution is 5.82. The number of rotatable bonds is 0. The minimum atomic E-state index is -0.572. The van der Waals surface area contributed by atoms with Crippen LogP contribution in [-0.2, 0) is 4.79 Å². The Kier molecular flexibility index (Phi) is 1.15. The minimum Gasteiger partial charge on any atom is -0.389 e. The molecule has 0 saturated heterocycles. The van der Waals surface area contributed by atoms with Gasteiger partial charge in [-0.2, -0.15) is 0 Å². The molecule has 2 saturated carbocycles. The SMILES string of the molecule is O=C1C[C@H]2CCC[C@@]2(O)C1. The van der Waals surface area contributed by atoms with Crippen molar-refractivity contribution in [3.05, 3.63) is 0 Å². The highest BCUT2D eigenvalue weighted by atomic mass is 16.3. The summed E-state index contributed by atoms with van der Waals surface area (Å²) >= 11 is 0. The van der Waals surface area contributed by atoms with Crippen LogP contribution in [0.2, 0.25) is 0 Å². The number of carbonyl (C=O) groups excluding carboxylic acids is 1. The Morgan fingerprint density at radius 1 is 1.60 bits per heavy atom. The van der Waals surface area contributed by atoms with Crippen molar-refractivity contribution in [2.24, 2.45) is 5.92 Å². The number of hydrogen-bond acceptors (Lipinski definition) is 2. The summed E-state index contributed by atoms with van der Waals surface area (Å²) in [6.45, 7) is 0. The average molecular weight is 140 g/mol. The predicted molar refractivity (Wildman–Crippen MR) is 36.5 cm³/mol. The van der Waals surface area contributed by atoms with E-state index in [0.29, 0.717) is 18.8 Å². The van der Waals surface area contributed by atoms with Gasteiger partial charge < -0.3 is 5.11 Å². The molecule has 2 aliphatic carbocycles. The molecule has 2 nitrogen and oxygen atoms in total. The van der Waals surface area contributed by atoms with Crippen LogP contribution in [0.5, 0.6) is 0 Å². The first kappa shape index (κ1) is 6.35. The van der Waals surface area contributed by atoms with Crippen molar-refractivity contribution in [1.29, 1.82) is 0 Å². The van der Waals surface area contributed by atoms with Crippen molar-refractivity contribution in [3.63, 3.8) is 0 Å². The minimum absolute atomic E-state index is 0.257. The van der Waals surface area contributed by atoms with Crippen molar-refractivity contribution in [1.82, 2.24) is 0 Å². The van der Waals surface area contributed by atoms with E-state index in [1.807, 2.05) is 0 Å². The van der Waals surface area contributed by atoms with Crippen LogP contribution in [0, 0.1) is 5.92 Å². The summed E-state index contributed by atoms with van der Waals surface area (Å²) < 4.78 is 0. The van der Waals surface area contributed by atoms with Crippen LogP contribution in [0.4, 0.5) is 0 Å². The molecule has 0 heterocycles. The number of Topliss-reactive ketones (excluding diaryl/α,β-unsaturated/α-hetero) is 1. The molecule has 10 heavy (non-hydrogen) atoms. The number of carbonyl (C=O) groups is 1. The van der Waals surface area contributed by atoms with Gasteiger partial charge in [0.05, 0.1) is 5.60 Å². The lowest BCUT2D eigenvalue weighted by molar-refractivity contribution is -0.118. The third kappa shape index (κ3) is 0.717. The van der Waals surface area contributed by atoms with Crippen molar-refractivity contribution in [3.8, 4) is 0 Å². The van der Waals surface area contributed by atoms with Gasteiger partial charge in [-0.1, -0.05) is 6.42 Å². The molecule has 1 N–H and O–H groups in total. The summed E-state index contributed by atoms with van der Waals surface area (Å²) in [4.78, 5) is 10.9. The van der Waals surface area contributed by atoms with E-state index in [0.717, 1.165) is 19.3 Å². The lowest BCUT2D eigenvalue weighted by Gasteiger charge is -2.19. The summed E-state index contributed by atoms with van der Waals surface area (Å²) in [7, 11) is 0. The maximum atomic E-state index is 10.9. The maximum absolute atomic E-state index is 10.9. The molecular formula is C8H12O2. The van der Waals surface area contributed by atoms with Crippen LogP contribution in [0.3, 0.4) is 0 Å². The molecule has 0 aromatic heterocycles. The van der Waals surface area contributed by atoms with Crippen molar-refractivity contribution in [2.45, 2.75) is 37.7 Å². The molecule has 0 bridgehead atoms. The molecule has 0 radical (unpaired) electrons. The standard InChI is InChI=1S/C8H12O2/c9-7-4-6-2-1-3-8(6,10)5-7/h6,10H,1-5H2/t6-,8-/m1/s1. The fourth-order valence-corrected chi connectivity index (χ4v) is 2.34. The fraction of sp³-hybridized carbons (Fsp3) is 0.875. The molecule has 2 atom stereocenters. The van der Waals surface area contributed by atoms with E-state index in [4.69, 9.17) is 0 Å². The van der Waals surface area contributed by atoms with Crippen LogP contribution in [-0.4, -0.2) is 16.5 Å². The molecule has 0 unspecified atom stereocenters. The van der Waals surface area contributed by atoms with Gasteiger partial charge in [0.1, 0.15) is 5.78 Å². The Morgan fingerprint density at radius 3 is 3.10 bits per heavy atom. The third-order valence-corrected chi connectivity index (χ3v) is 2.90. The Bertz CT molecular complexity index is 176. The van der Waals surface area contributed by atoms with Crippen LogP contribution < -0.4 is 0 Å². The summed E-state index contributed by atoms with van der Waals surface area (Å²) in [5, 5.41) is 9.78. The van der Waals surface area contributed by atoms with Gasteiger partial charge in [-0.05, 0) is 18.8 Å². The van der Waals surface area contributed by atoms with Crippen LogP contribution >= 0.6 is 0 Å². The highest BCUT2D eigenvalue weighted by Crippen LogP contribution is 2.45. The predicted octanol–water partition coefficient (Wildman–Crippen LogP) is 0.881. The molecule has 56 valence electrons. The van der Waals surface area contributed by atoms with E-state index in [9.17, 15) is 9.90 Å². The summed E-state index contributed by atoms with van der Waals surface area (Å²) in [5.41, 5.74) is -0.572. The third-order valence-electron chi connectivity index (χ3n) is 2.90. The quantitative estimate of drug-likeness (QED) is 0.542. The van der Waals surface area contributed by atoms with Gasteiger partial charge in [0, 0.05) is 12.8 Å². The largest absolute Gasteiger partial charge is 0.389 e. The fourth-order valence-electron chi connectivity index (χ4n) is 2.34. The van der Waals surface area contributed by atoms with E-state index in [-0.39, 0.29) is 5.78 Å². The zero-order valence-corrected chi connectivity index (χ0v) is 5.97.